The highest BCUT2D eigenvalue weighted by atomic mass is 19.1. The SMILES string of the molecule is CC[C@H](O)[C@H](c1cc(C)ccc1F)C(C)C(N)=O. The fourth-order valence-corrected chi connectivity index (χ4v) is 2.16. The van der Waals surface area contributed by atoms with Gasteiger partial charge in [0.1, 0.15) is 5.82 Å². The summed E-state index contributed by atoms with van der Waals surface area (Å²) in [5, 5.41) is 10.0. The van der Waals surface area contributed by atoms with Gasteiger partial charge in [-0.25, -0.2) is 4.39 Å². The average Bonchev–Trinajstić information content (AvgIpc) is 2.33. The molecule has 4 heteroatoms. The smallest absolute Gasteiger partial charge is 0.220 e. The number of rotatable bonds is 5. The van der Waals surface area contributed by atoms with Crippen molar-refractivity contribution in [2.75, 3.05) is 0 Å². The summed E-state index contributed by atoms with van der Waals surface area (Å²) in [6, 6.07) is 4.68. The number of benzene rings is 1. The summed E-state index contributed by atoms with van der Waals surface area (Å²) in [5.74, 6) is -2.16. The van der Waals surface area contributed by atoms with Gasteiger partial charge in [-0.1, -0.05) is 31.5 Å². The van der Waals surface area contributed by atoms with E-state index in [0.717, 1.165) is 5.56 Å². The number of primary amides is 1. The standard InChI is InChI=1S/C14H20FNO2/c1-4-12(17)13(9(3)14(16)18)10-7-8(2)5-6-11(10)15/h5-7,9,12-13,17H,4H2,1-3H3,(H2,16,18)/t9?,12-,13-/m0/s1. The van der Waals surface area contributed by atoms with Crippen molar-refractivity contribution in [3.63, 3.8) is 0 Å². The fraction of sp³-hybridized carbons (Fsp3) is 0.500. The lowest BCUT2D eigenvalue weighted by Gasteiger charge is -2.27. The van der Waals surface area contributed by atoms with Crippen LogP contribution in [0.5, 0.6) is 0 Å². The summed E-state index contributed by atoms with van der Waals surface area (Å²) < 4.78 is 13.9. The minimum atomic E-state index is -0.788. The molecule has 0 bridgehead atoms. The molecule has 0 saturated heterocycles. The Morgan fingerprint density at radius 2 is 2.11 bits per heavy atom. The second-order valence-corrected chi connectivity index (χ2v) is 4.72. The summed E-state index contributed by atoms with van der Waals surface area (Å²) in [5.41, 5.74) is 6.52. The molecule has 3 nitrogen and oxygen atoms in total. The van der Waals surface area contributed by atoms with Gasteiger partial charge in [0.2, 0.25) is 5.91 Å². The molecule has 0 aliphatic heterocycles. The summed E-state index contributed by atoms with van der Waals surface area (Å²) in [6.45, 7) is 5.25. The van der Waals surface area contributed by atoms with Gasteiger partial charge in [-0.3, -0.25) is 4.79 Å². The maximum atomic E-state index is 13.9. The summed E-state index contributed by atoms with van der Waals surface area (Å²) in [6.07, 6.45) is -0.348. The van der Waals surface area contributed by atoms with Crippen molar-refractivity contribution in [1.82, 2.24) is 0 Å². The molecule has 0 aliphatic rings. The van der Waals surface area contributed by atoms with E-state index in [-0.39, 0.29) is 0 Å². The number of aliphatic hydroxyl groups excluding tert-OH is 1. The molecule has 1 rings (SSSR count). The normalized spacial score (nSPS) is 16.1. The van der Waals surface area contributed by atoms with Gasteiger partial charge < -0.3 is 10.8 Å². The molecular weight excluding hydrogens is 233 g/mol. The van der Waals surface area contributed by atoms with Gasteiger partial charge in [-0.2, -0.15) is 0 Å². The van der Waals surface area contributed by atoms with Crippen LogP contribution in [0.25, 0.3) is 0 Å². The van der Waals surface area contributed by atoms with Crippen LogP contribution >= 0.6 is 0 Å². The Labute approximate surface area is 107 Å². The number of carbonyl (C=O) groups excluding carboxylic acids is 1. The topological polar surface area (TPSA) is 63.3 Å². The molecule has 3 atom stereocenters. The zero-order valence-electron chi connectivity index (χ0n) is 11.0. The molecule has 1 amide bonds. The van der Waals surface area contributed by atoms with Gasteiger partial charge in [-0.05, 0) is 25.0 Å². The van der Waals surface area contributed by atoms with E-state index in [2.05, 4.69) is 0 Å². The van der Waals surface area contributed by atoms with Crippen molar-refractivity contribution in [1.29, 1.82) is 0 Å². The van der Waals surface area contributed by atoms with Gasteiger partial charge in [0.05, 0.1) is 6.10 Å². The summed E-state index contributed by atoms with van der Waals surface area (Å²) >= 11 is 0. The van der Waals surface area contributed by atoms with Crippen LogP contribution in [0.1, 0.15) is 37.3 Å². The molecule has 0 fully saturated rings. The first kappa shape index (κ1) is 14.6. The molecule has 18 heavy (non-hydrogen) atoms. The highest BCUT2D eigenvalue weighted by molar-refractivity contribution is 5.77. The summed E-state index contributed by atoms with van der Waals surface area (Å²) in [4.78, 5) is 11.3. The molecule has 100 valence electrons. The number of aryl methyl sites for hydroxylation is 1. The Hall–Kier alpha value is -1.42. The zero-order chi connectivity index (χ0) is 13.9. The first-order chi connectivity index (χ1) is 8.38. The lowest BCUT2D eigenvalue weighted by atomic mass is 9.81. The highest BCUT2D eigenvalue weighted by Crippen LogP contribution is 2.32. The number of carbonyl (C=O) groups is 1. The van der Waals surface area contributed by atoms with Crippen molar-refractivity contribution in [2.24, 2.45) is 11.7 Å². The first-order valence-electron chi connectivity index (χ1n) is 6.11. The molecule has 0 saturated carbocycles. The number of hydrogen-bond donors (Lipinski definition) is 2. The zero-order valence-corrected chi connectivity index (χ0v) is 11.0. The predicted octanol–water partition coefficient (Wildman–Crippen LogP) is 2.11. The molecule has 0 heterocycles. The van der Waals surface area contributed by atoms with Crippen LogP contribution < -0.4 is 5.73 Å². The van der Waals surface area contributed by atoms with Gasteiger partial charge >= 0.3 is 0 Å². The van der Waals surface area contributed by atoms with E-state index in [1.54, 1.807) is 26.0 Å². The Morgan fingerprint density at radius 3 is 2.61 bits per heavy atom. The van der Waals surface area contributed by atoms with Crippen LogP contribution in [-0.2, 0) is 4.79 Å². The quantitative estimate of drug-likeness (QED) is 0.844. The molecule has 0 spiro atoms. The molecule has 1 unspecified atom stereocenters. The van der Waals surface area contributed by atoms with E-state index in [1.165, 1.54) is 6.07 Å². The van der Waals surface area contributed by atoms with Crippen molar-refractivity contribution in [2.45, 2.75) is 39.2 Å². The Kier molecular flexibility index (Phi) is 4.84. The van der Waals surface area contributed by atoms with Gasteiger partial charge in [0.15, 0.2) is 0 Å². The van der Waals surface area contributed by atoms with E-state index in [1.807, 2.05) is 6.92 Å². The first-order valence-corrected chi connectivity index (χ1v) is 6.11. The van der Waals surface area contributed by atoms with Crippen LogP contribution in [0.4, 0.5) is 4.39 Å². The lowest BCUT2D eigenvalue weighted by Crippen LogP contribution is -2.33. The molecular formula is C14H20FNO2. The van der Waals surface area contributed by atoms with E-state index in [9.17, 15) is 14.3 Å². The third kappa shape index (κ3) is 3.07. The Morgan fingerprint density at radius 1 is 1.50 bits per heavy atom. The molecule has 1 aromatic carbocycles. The number of hydrogen-bond acceptors (Lipinski definition) is 2. The molecule has 0 aliphatic carbocycles. The third-order valence-corrected chi connectivity index (χ3v) is 3.33. The second-order valence-electron chi connectivity index (χ2n) is 4.72. The largest absolute Gasteiger partial charge is 0.392 e. The highest BCUT2D eigenvalue weighted by Gasteiger charge is 2.31. The van der Waals surface area contributed by atoms with E-state index in [0.29, 0.717) is 12.0 Å². The summed E-state index contributed by atoms with van der Waals surface area (Å²) in [7, 11) is 0. The van der Waals surface area contributed by atoms with Crippen molar-refractivity contribution >= 4 is 5.91 Å². The van der Waals surface area contributed by atoms with Crippen LogP contribution in [0, 0.1) is 18.7 Å². The van der Waals surface area contributed by atoms with Crippen LogP contribution in [0.3, 0.4) is 0 Å². The van der Waals surface area contributed by atoms with Gasteiger partial charge in [0.25, 0.3) is 0 Å². The monoisotopic (exact) mass is 253 g/mol. The fourth-order valence-electron chi connectivity index (χ4n) is 2.16. The van der Waals surface area contributed by atoms with E-state index >= 15 is 0 Å². The minimum absolute atomic E-state index is 0.357. The maximum absolute atomic E-state index is 13.9. The van der Waals surface area contributed by atoms with Crippen LogP contribution in [-0.4, -0.2) is 17.1 Å². The van der Waals surface area contributed by atoms with Crippen LogP contribution in [0.15, 0.2) is 18.2 Å². The number of amides is 1. The van der Waals surface area contributed by atoms with E-state index < -0.39 is 29.7 Å². The molecule has 1 aromatic rings. The molecule has 0 radical (unpaired) electrons. The predicted molar refractivity (Wildman–Crippen MR) is 68.5 cm³/mol. The van der Waals surface area contributed by atoms with E-state index in [4.69, 9.17) is 5.73 Å². The number of nitrogens with two attached hydrogens (primary N) is 1. The average molecular weight is 253 g/mol. The van der Waals surface area contributed by atoms with Gasteiger partial charge in [0, 0.05) is 11.8 Å². The Bertz CT molecular complexity index is 434. The number of halogens is 1. The second kappa shape index (κ2) is 5.96. The lowest BCUT2D eigenvalue weighted by molar-refractivity contribution is -0.123. The van der Waals surface area contributed by atoms with Crippen molar-refractivity contribution in [3.05, 3.63) is 35.1 Å². The minimum Gasteiger partial charge on any atom is -0.392 e. The number of aliphatic hydroxyl groups is 1. The molecule has 0 aromatic heterocycles. The van der Waals surface area contributed by atoms with Crippen molar-refractivity contribution < 1.29 is 14.3 Å². The van der Waals surface area contributed by atoms with Crippen molar-refractivity contribution in [3.8, 4) is 0 Å². The maximum Gasteiger partial charge on any atom is 0.220 e. The molecule has 3 N–H and O–H groups in total. The Balaban J connectivity index is 3.25. The third-order valence-electron chi connectivity index (χ3n) is 3.33. The van der Waals surface area contributed by atoms with Gasteiger partial charge in [-0.15, -0.1) is 0 Å². The van der Waals surface area contributed by atoms with Crippen LogP contribution in [0.2, 0.25) is 0 Å².